The molecule has 7 heteroatoms. The van der Waals surface area contributed by atoms with Gasteiger partial charge in [0.25, 0.3) is 5.91 Å². The van der Waals surface area contributed by atoms with Gasteiger partial charge in [0.2, 0.25) is 0 Å². The SMILES string of the molecule is Cl.NCCc1ccc(Oc2ccc(F)c(C(=O)N3CCC4(CCCCO4)CC3)c2)cc1. The lowest BCUT2D eigenvalue weighted by atomic mass is 9.84. The number of amides is 1. The average Bonchev–Trinajstić information content (AvgIpc) is 2.77. The molecule has 4 rings (SSSR count). The van der Waals surface area contributed by atoms with Crippen LogP contribution in [0.25, 0.3) is 0 Å². The molecule has 2 aromatic rings. The van der Waals surface area contributed by atoms with Gasteiger partial charge in [0.15, 0.2) is 0 Å². The molecule has 0 saturated carbocycles. The topological polar surface area (TPSA) is 64.8 Å². The van der Waals surface area contributed by atoms with Gasteiger partial charge in [-0.1, -0.05) is 12.1 Å². The molecule has 2 N–H and O–H groups in total. The highest BCUT2D eigenvalue weighted by Gasteiger charge is 2.38. The Hall–Kier alpha value is -2.15. The Labute approximate surface area is 189 Å². The van der Waals surface area contributed by atoms with Crippen LogP contribution in [0.5, 0.6) is 11.5 Å². The summed E-state index contributed by atoms with van der Waals surface area (Å²) in [5, 5.41) is 0. The first-order valence-electron chi connectivity index (χ1n) is 10.8. The predicted molar refractivity (Wildman–Crippen MR) is 121 cm³/mol. The molecule has 2 heterocycles. The van der Waals surface area contributed by atoms with Gasteiger partial charge < -0.3 is 20.1 Å². The van der Waals surface area contributed by atoms with Crippen LogP contribution in [0.2, 0.25) is 0 Å². The lowest BCUT2D eigenvalue weighted by Gasteiger charge is -2.44. The molecule has 31 heavy (non-hydrogen) atoms. The fraction of sp³-hybridized carbons (Fsp3) is 0.458. The van der Waals surface area contributed by atoms with Gasteiger partial charge in [-0.15, -0.1) is 12.4 Å². The number of likely N-dealkylation sites (tertiary alicyclic amines) is 1. The highest BCUT2D eigenvalue weighted by molar-refractivity contribution is 5.95. The van der Waals surface area contributed by atoms with E-state index in [0.717, 1.165) is 44.3 Å². The highest BCUT2D eigenvalue weighted by Crippen LogP contribution is 2.35. The van der Waals surface area contributed by atoms with E-state index >= 15 is 0 Å². The molecule has 2 aliphatic heterocycles. The summed E-state index contributed by atoms with van der Waals surface area (Å²) in [4.78, 5) is 14.7. The van der Waals surface area contributed by atoms with Crippen LogP contribution in [0.1, 0.15) is 48.0 Å². The smallest absolute Gasteiger partial charge is 0.256 e. The molecule has 0 radical (unpaired) electrons. The van der Waals surface area contributed by atoms with Crippen LogP contribution in [0.4, 0.5) is 4.39 Å². The summed E-state index contributed by atoms with van der Waals surface area (Å²) < 4.78 is 26.3. The van der Waals surface area contributed by atoms with Crippen LogP contribution in [0.15, 0.2) is 42.5 Å². The minimum absolute atomic E-state index is 0. The standard InChI is InChI=1S/C24H29FN2O3.ClH/c25-22-8-7-20(30-19-5-3-18(4-6-19)9-13-26)17-21(22)23(28)27-14-11-24(12-15-27)10-1-2-16-29-24;/h3-8,17H,1-2,9-16,26H2;1H. The normalized spacial score (nSPS) is 17.8. The van der Waals surface area contributed by atoms with Crippen LogP contribution in [0.3, 0.4) is 0 Å². The Morgan fingerprint density at radius 1 is 1.06 bits per heavy atom. The van der Waals surface area contributed by atoms with Crippen LogP contribution >= 0.6 is 12.4 Å². The van der Waals surface area contributed by atoms with E-state index < -0.39 is 5.82 Å². The number of halogens is 2. The van der Waals surface area contributed by atoms with Crippen molar-refractivity contribution in [3.8, 4) is 11.5 Å². The van der Waals surface area contributed by atoms with E-state index in [9.17, 15) is 9.18 Å². The number of hydrogen-bond acceptors (Lipinski definition) is 4. The number of carbonyl (C=O) groups excluding carboxylic acids is 1. The Morgan fingerprint density at radius 2 is 1.77 bits per heavy atom. The molecule has 2 fully saturated rings. The van der Waals surface area contributed by atoms with Crippen molar-refractivity contribution < 1.29 is 18.7 Å². The molecule has 0 unspecified atom stereocenters. The Bertz CT molecular complexity index is 875. The fourth-order valence-corrected chi connectivity index (χ4v) is 4.35. The van der Waals surface area contributed by atoms with E-state index in [-0.39, 0.29) is 29.5 Å². The lowest BCUT2D eigenvalue weighted by Crippen LogP contribution is -2.49. The van der Waals surface area contributed by atoms with Crippen molar-refractivity contribution in [2.24, 2.45) is 5.73 Å². The lowest BCUT2D eigenvalue weighted by molar-refractivity contribution is -0.107. The minimum Gasteiger partial charge on any atom is -0.457 e. The van der Waals surface area contributed by atoms with Crippen molar-refractivity contribution in [3.63, 3.8) is 0 Å². The van der Waals surface area contributed by atoms with Crippen molar-refractivity contribution in [2.45, 2.75) is 44.1 Å². The van der Waals surface area contributed by atoms with Gasteiger partial charge in [0.05, 0.1) is 11.2 Å². The Kier molecular flexibility index (Phi) is 7.92. The summed E-state index contributed by atoms with van der Waals surface area (Å²) in [7, 11) is 0. The second-order valence-electron chi connectivity index (χ2n) is 8.21. The average molecular weight is 449 g/mol. The van der Waals surface area contributed by atoms with E-state index in [1.807, 2.05) is 24.3 Å². The van der Waals surface area contributed by atoms with Crippen LogP contribution in [-0.4, -0.2) is 42.6 Å². The number of rotatable bonds is 5. The van der Waals surface area contributed by atoms with E-state index in [0.29, 0.717) is 31.1 Å². The number of hydrogen-bond donors (Lipinski definition) is 1. The molecule has 168 valence electrons. The van der Waals surface area contributed by atoms with E-state index in [1.54, 1.807) is 11.0 Å². The van der Waals surface area contributed by atoms with Crippen molar-refractivity contribution >= 4 is 18.3 Å². The predicted octanol–water partition coefficient (Wildman–Crippen LogP) is 4.72. The van der Waals surface area contributed by atoms with Gasteiger partial charge in [0, 0.05) is 19.7 Å². The third-order valence-corrected chi connectivity index (χ3v) is 6.16. The van der Waals surface area contributed by atoms with Gasteiger partial charge in [-0.25, -0.2) is 4.39 Å². The third kappa shape index (κ3) is 5.56. The molecule has 2 aromatic carbocycles. The van der Waals surface area contributed by atoms with Crippen LogP contribution < -0.4 is 10.5 Å². The second kappa shape index (κ2) is 10.4. The monoisotopic (exact) mass is 448 g/mol. The molecule has 0 aliphatic carbocycles. The summed E-state index contributed by atoms with van der Waals surface area (Å²) in [6.07, 6.45) is 5.76. The molecule has 1 amide bonds. The van der Waals surface area contributed by atoms with Crippen LogP contribution in [-0.2, 0) is 11.2 Å². The zero-order chi connectivity index (χ0) is 21.0. The molecule has 0 bridgehead atoms. The Morgan fingerprint density at radius 3 is 2.42 bits per heavy atom. The number of nitrogens with two attached hydrogens (primary N) is 1. The first-order valence-corrected chi connectivity index (χ1v) is 10.8. The number of nitrogens with zero attached hydrogens (tertiary/aromatic N) is 1. The molecular formula is C24H30ClFN2O3. The number of carbonyl (C=O) groups is 1. The van der Waals surface area contributed by atoms with Crippen molar-refractivity contribution in [2.75, 3.05) is 26.2 Å². The van der Waals surface area contributed by atoms with Gasteiger partial charge in [-0.05, 0) is 81.0 Å². The van der Waals surface area contributed by atoms with Gasteiger partial charge in [0.1, 0.15) is 17.3 Å². The van der Waals surface area contributed by atoms with Gasteiger partial charge in [-0.2, -0.15) is 0 Å². The first-order chi connectivity index (χ1) is 14.6. The maximum absolute atomic E-state index is 14.5. The summed E-state index contributed by atoms with van der Waals surface area (Å²) in [5.41, 5.74) is 6.66. The minimum atomic E-state index is -0.528. The molecule has 0 atom stereocenters. The molecular weight excluding hydrogens is 419 g/mol. The van der Waals surface area contributed by atoms with E-state index in [1.165, 1.54) is 18.6 Å². The van der Waals surface area contributed by atoms with Gasteiger partial charge in [-0.3, -0.25) is 4.79 Å². The quantitative estimate of drug-likeness (QED) is 0.719. The molecule has 1 spiro atoms. The summed E-state index contributed by atoms with van der Waals surface area (Å²) in [6.45, 7) is 2.57. The third-order valence-electron chi connectivity index (χ3n) is 6.16. The largest absolute Gasteiger partial charge is 0.457 e. The number of benzene rings is 2. The van der Waals surface area contributed by atoms with Crippen LogP contribution in [0, 0.1) is 5.82 Å². The highest BCUT2D eigenvalue weighted by atomic mass is 35.5. The molecule has 2 aliphatic rings. The molecule has 5 nitrogen and oxygen atoms in total. The van der Waals surface area contributed by atoms with E-state index in [2.05, 4.69) is 0 Å². The second-order valence-corrected chi connectivity index (χ2v) is 8.21. The molecule has 0 aromatic heterocycles. The van der Waals surface area contributed by atoms with Gasteiger partial charge >= 0.3 is 0 Å². The zero-order valence-corrected chi connectivity index (χ0v) is 18.5. The number of ether oxygens (including phenoxy) is 2. The maximum Gasteiger partial charge on any atom is 0.256 e. The number of piperidine rings is 1. The maximum atomic E-state index is 14.5. The summed E-state index contributed by atoms with van der Waals surface area (Å²) in [5.74, 6) is 0.257. The van der Waals surface area contributed by atoms with Crippen molar-refractivity contribution in [3.05, 3.63) is 59.4 Å². The Balaban J connectivity index is 0.00000272. The summed E-state index contributed by atoms with van der Waals surface area (Å²) in [6, 6.07) is 11.9. The zero-order valence-electron chi connectivity index (χ0n) is 17.6. The fourth-order valence-electron chi connectivity index (χ4n) is 4.35. The van der Waals surface area contributed by atoms with Crippen molar-refractivity contribution in [1.29, 1.82) is 0 Å². The van der Waals surface area contributed by atoms with E-state index in [4.69, 9.17) is 15.2 Å². The first kappa shape index (κ1) is 23.5. The summed E-state index contributed by atoms with van der Waals surface area (Å²) >= 11 is 0. The molecule has 2 saturated heterocycles. The van der Waals surface area contributed by atoms with Crippen molar-refractivity contribution in [1.82, 2.24) is 4.90 Å².